The fourth-order valence-electron chi connectivity index (χ4n) is 3.72. The summed E-state index contributed by atoms with van der Waals surface area (Å²) in [7, 11) is 0. The Kier molecular flexibility index (Phi) is 5.85. The van der Waals surface area contributed by atoms with E-state index in [2.05, 4.69) is 23.6 Å². The highest BCUT2D eigenvalue weighted by Crippen LogP contribution is 2.31. The van der Waals surface area contributed by atoms with Gasteiger partial charge < -0.3 is 10.6 Å². The number of carbonyl (C=O) groups is 1. The van der Waals surface area contributed by atoms with Crippen LogP contribution < -0.4 is 5.73 Å². The predicted octanol–water partition coefficient (Wildman–Crippen LogP) is 1.55. The molecule has 2 N–H and O–H groups in total. The highest BCUT2D eigenvalue weighted by molar-refractivity contribution is 5.79. The van der Waals surface area contributed by atoms with Crippen LogP contribution in [0.15, 0.2) is 0 Å². The van der Waals surface area contributed by atoms with Crippen LogP contribution >= 0.6 is 0 Å². The molecule has 0 aromatic rings. The van der Waals surface area contributed by atoms with E-state index in [1.807, 2.05) is 0 Å². The van der Waals surface area contributed by atoms with E-state index in [4.69, 9.17) is 5.73 Å². The van der Waals surface area contributed by atoms with Crippen LogP contribution in [0.1, 0.15) is 39.5 Å². The highest BCUT2D eigenvalue weighted by Gasteiger charge is 2.34. The van der Waals surface area contributed by atoms with Crippen LogP contribution in [-0.4, -0.2) is 55.0 Å². The zero-order valence-electron chi connectivity index (χ0n) is 13.2. The molecule has 2 rings (SSSR count). The predicted molar refractivity (Wildman–Crippen MR) is 82.4 cm³/mol. The summed E-state index contributed by atoms with van der Waals surface area (Å²) in [5.74, 6) is 1.71. The van der Waals surface area contributed by atoms with Crippen molar-refractivity contribution in [3.63, 3.8) is 0 Å². The fourth-order valence-corrected chi connectivity index (χ4v) is 3.72. The summed E-state index contributed by atoms with van der Waals surface area (Å²) in [6.07, 6.45) is 4.63. The molecule has 20 heavy (non-hydrogen) atoms. The first-order valence-corrected chi connectivity index (χ1v) is 8.33. The van der Waals surface area contributed by atoms with Crippen molar-refractivity contribution in [3.8, 4) is 0 Å². The average Bonchev–Trinajstić information content (AvgIpc) is 2.46. The first-order valence-electron chi connectivity index (χ1n) is 8.33. The molecule has 2 aliphatic rings. The van der Waals surface area contributed by atoms with Gasteiger partial charge in [0, 0.05) is 38.6 Å². The second kappa shape index (κ2) is 7.41. The minimum absolute atomic E-state index is 0.199. The van der Waals surface area contributed by atoms with E-state index in [9.17, 15) is 4.79 Å². The summed E-state index contributed by atoms with van der Waals surface area (Å²) < 4.78 is 0. The Hall–Kier alpha value is -0.610. The Labute approximate surface area is 123 Å². The maximum absolute atomic E-state index is 12.7. The molecule has 1 saturated carbocycles. The van der Waals surface area contributed by atoms with E-state index in [1.54, 1.807) is 0 Å². The van der Waals surface area contributed by atoms with Crippen LogP contribution in [0.2, 0.25) is 0 Å². The molecule has 2 atom stereocenters. The van der Waals surface area contributed by atoms with E-state index in [1.165, 1.54) is 12.8 Å². The standard InChI is InChI=1S/C16H31N3O/c1-13(2)12-18-7-9-19(10-8-18)16(20)15-6-4-3-5-14(15)11-17/h13-15H,3-12,17H2,1-2H3. The number of amides is 1. The molecule has 0 bridgehead atoms. The van der Waals surface area contributed by atoms with Crippen molar-refractivity contribution >= 4 is 5.91 Å². The van der Waals surface area contributed by atoms with Crippen LogP contribution in [0.3, 0.4) is 0 Å². The van der Waals surface area contributed by atoms with E-state index in [-0.39, 0.29) is 5.92 Å². The lowest BCUT2D eigenvalue weighted by Crippen LogP contribution is -2.52. The Balaban J connectivity index is 1.84. The Morgan fingerprint density at radius 1 is 1.15 bits per heavy atom. The van der Waals surface area contributed by atoms with Gasteiger partial charge in [0.15, 0.2) is 0 Å². The normalized spacial score (nSPS) is 28.9. The van der Waals surface area contributed by atoms with Crippen molar-refractivity contribution < 1.29 is 4.79 Å². The van der Waals surface area contributed by atoms with Gasteiger partial charge in [0.2, 0.25) is 5.91 Å². The zero-order chi connectivity index (χ0) is 14.5. The first kappa shape index (κ1) is 15.8. The van der Waals surface area contributed by atoms with Crippen LogP contribution in [0.4, 0.5) is 0 Å². The molecule has 0 radical (unpaired) electrons. The lowest BCUT2D eigenvalue weighted by atomic mass is 9.78. The van der Waals surface area contributed by atoms with Crippen molar-refractivity contribution in [2.75, 3.05) is 39.3 Å². The number of hydrogen-bond acceptors (Lipinski definition) is 3. The summed E-state index contributed by atoms with van der Waals surface area (Å²) >= 11 is 0. The molecule has 1 aliphatic heterocycles. The monoisotopic (exact) mass is 281 g/mol. The van der Waals surface area contributed by atoms with E-state index in [0.29, 0.717) is 24.3 Å². The van der Waals surface area contributed by atoms with Gasteiger partial charge in [0.25, 0.3) is 0 Å². The quantitative estimate of drug-likeness (QED) is 0.850. The van der Waals surface area contributed by atoms with Crippen molar-refractivity contribution in [1.29, 1.82) is 0 Å². The van der Waals surface area contributed by atoms with Gasteiger partial charge in [-0.2, -0.15) is 0 Å². The van der Waals surface area contributed by atoms with Crippen LogP contribution in [0, 0.1) is 17.8 Å². The summed E-state index contributed by atoms with van der Waals surface area (Å²) in [5, 5.41) is 0. The second-order valence-electron chi connectivity index (χ2n) is 6.91. The third-order valence-electron chi connectivity index (χ3n) is 4.84. The number of rotatable bonds is 4. The Morgan fingerprint density at radius 2 is 1.80 bits per heavy atom. The SMILES string of the molecule is CC(C)CN1CCN(C(=O)C2CCCCC2CN)CC1. The lowest BCUT2D eigenvalue weighted by molar-refractivity contribution is -0.140. The Morgan fingerprint density at radius 3 is 2.40 bits per heavy atom. The molecule has 1 amide bonds. The maximum Gasteiger partial charge on any atom is 0.226 e. The number of piperazine rings is 1. The largest absolute Gasteiger partial charge is 0.340 e. The first-order chi connectivity index (χ1) is 9.61. The van der Waals surface area contributed by atoms with Crippen molar-refractivity contribution in [2.24, 2.45) is 23.5 Å². The Bertz CT molecular complexity index is 311. The van der Waals surface area contributed by atoms with Gasteiger partial charge in [-0.3, -0.25) is 9.69 Å². The molecule has 1 saturated heterocycles. The molecular weight excluding hydrogens is 250 g/mol. The molecule has 1 aliphatic carbocycles. The second-order valence-corrected chi connectivity index (χ2v) is 6.91. The zero-order valence-corrected chi connectivity index (χ0v) is 13.2. The van der Waals surface area contributed by atoms with Gasteiger partial charge in [-0.25, -0.2) is 0 Å². The molecule has 1 heterocycles. The van der Waals surface area contributed by atoms with Gasteiger partial charge in [-0.15, -0.1) is 0 Å². The molecule has 4 heteroatoms. The third-order valence-corrected chi connectivity index (χ3v) is 4.84. The topological polar surface area (TPSA) is 49.6 Å². The summed E-state index contributed by atoms with van der Waals surface area (Å²) in [6, 6.07) is 0. The molecule has 2 fully saturated rings. The summed E-state index contributed by atoms with van der Waals surface area (Å²) in [4.78, 5) is 17.3. The van der Waals surface area contributed by atoms with Crippen LogP contribution in [0.5, 0.6) is 0 Å². The van der Waals surface area contributed by atoms with Crippen LogP contribution in [0.25, 0.3) is 0 Å². The minimum atomic E-state index is 0.199. The number of carbonyl (C=O) groups excluding carboxylic acids is 1. The average molecular weight is 281 g/mol. The van der Waals surface area contributed by atoms with Gasteiger partial charge in [-0.1, -0.05) is 26.7 Å². The minimum Gasteiger partial charge on any atom is -0.340 e. The maximum atomic E-state index is 12.7. The third kappa shape index (κ3) is 3.95. The summed E-state index contributed by atoms with van der Waals surface area (Å²) in [5.41, 5.74) is 5.86. The fraction of sp³-hybridized carbons (Fsp3) is 0.938. The van der Waals surface area contributed by atoms with Crippen molar-refractivity contribution in [2.45, 2.75) is 39.5 Å². The van der Waals surface area contributed by atoms with Gasteiger partial charge in [-0.05, 0) is 31.2 Å². The van der Waals surface area contributed by atoms with Crippen LogP contribution in [-0.2, 0) is 4.79 Å². The van der Waals surface area contributed by atoms with Gasteiger partial charge in [0.05, 0.1) is 0 Å². The highest BCUT2D eigenvalue weighted by atomic mass is 16.2. The molecule has 2 unspecified atom stereocenters. The molecule has 116 valence electrons. The smallest absolute Gasteiger partial charge is 0.226 e. The van der Waals surface area contributed by atoms with E-state index >= 15 is 0 Å². The number of nitrogens with two attached hydrogens (primary N) is 1. The van der Waals surface area contributed by atoms with Crippen molar-refractivity contribution in [3.05, 3.63) is 0 Å². The van der Waals surface area contributed by atoms with Crippen molar-refractivity contribution in [1.82, 2.24) is 9.80 Å². The number of nitrogens with zero attached hydrogens (tertiary/aromatic N) is 2. The lowest BCUT2D eigenvalue weighted by Gasteiger charge is -2.39. The van der Waals surface area contributed by atoms with Gasteiger partial charge >= 0.3 is 0 Å². The molecule has 0 aromatic carbocycles. The van der Waals surface area contributed by atoms with E-state index < -0.39 is 0 Å². The number of hydrogen-bond donors (Lipinski definition) is 1. The molecule has 0 spiro atoms. The van der Waals surface area contributed by atoms with E-state index in [0.717, 1.165) is 45.6 Å². The molecule has 4 nitrogen and oxygen atoms in total. The molecular formula is C16H31N3O. The summed E-state index contributed by atoms with van der Waals surface area (Å²) in [6.45, 7) is 10.2. The van der Waals surface area contributed by atoms with Gasteiger partial charge in [0.1, 0.15) is 0 Å². The molecule has 0 aromatic heterocycles.